The van der Waals surface area contributed by atoms with Gasteiger partial charge in [0.05, 0.1) is 30.7 Å². The Hall–Kier alpha value is -2.64. The summed E-state index contributed by atoms with van der Waals surface area (Å²) >= 11 is 0. The van der Waals surface area contributed by atoms with Crippen LogP contribution in [0.15, 0.2) is 18.2 Å². The quantitative estimate of drug-likeness (QED) is 0.467. The molecular weight excluding hydrogens is 280 g/mol. The summed E-state index contributed by atoms with van der Waals surface area (Å²) in [4.78, 5) is 33.0. The first kappa shape index (κ1) is 16.4. The van der Waals surface area contributed by atoms with Gasteiger partial charge in [-0.25, -0.2) is 0 Å². The Morgan fingerprint density at radius 3 is 2.62 bits per heavy atom. The molecule has 8 nitrogen and oxygen atoms in total. The third kappa shape index (κ3) is 5.09. The summed E-state index contributed by atoms with van der Waals surface area (Å²) in [5, 5.41) is 13.2. The van der Waals surface area contributed by atoms with E-state index in [1.165, 1.54) is 25.3 Å². The van der Waals surface area contributed by atoms with Crippen LogP contribution in [0.2, 0.25) is 0 Å². The first-order valence-electron chi connectivity index (χ1n) is 6.25. The Morgan fingerprint density at radius 1 is 1.33 bits per heavy atom. The number of ether oxygens (including phenoxy) is 2. The second kappa shape index (κ2) is 7.83. The highest BCUT2D eigenvalue weighted by Gasteiger charge is 2.14. The fraction of sp³-hybridized carbons (Fsp3) is 0.385. The van der Waals surface area contributed by atoms with Gasteiger partial charge in [0.2, 0.25) is 5.91 Å². The summed E-state index contributed by atoms with van der Waals surface area (Å²) in [6.07, 6.45) is -0.137. The summed E-state index contributed by atoms with van der Waals surface area (Å²) in [6.45, 7) is 1.92. The number of benzene rings is 1. The molecule has 0 aromatic heterocycles. The van der Waals surface area contributed by atoms with Crippen LogP contribution in [0.4, 0.5) is 11.4 Å². The van der Waals surface area contributed by atoms with Crippen LogP contribution in [0.5, 0.6) is 5.75 Å². The van der Waals surface area contributed by atoms with Crippen LogP contribution in [-0.4, -0.2) is 30.5 Å². The highest BCUT2D eigenvalue weighted by atomic mass is 16.6. The molecule has 1 N–H and O–H groups in total. The zero-order valence-electron chi connectivity index (χ0n) is 11.8. The second-order valence-electron chi connectivity index (χ2n) is 3.99. The molecular formula is C13H16N2O6. The molecule has 0 aliphatic carbocycles. The number of hydrogen-bond donors (Lipinski definition) is 1. The number of methoxy groups -OCH3 is 1. The van der Waals surface area contributed by atoms with E-state index >= 15 is 0 Å². The molecule has 0 radical (unpaired) electrons. The van der Waals surface area contributed by atoms with Gasteiger partial charge in [-0.05, 0) is 13.0 Å². The van der Waals surface area contributed by atoms with Gasteiger partial charge in [0.1, 0.15) is 5.75 Å². The van der Waals surface area contributed by atoms with E-state index < -0.39 is 16.8 Å². The molecule has 0 heterocycles. The largest absolute Gasteiger partial charge is 0.495 e. The van der Waals surface area contributed by atoms with Crippen LogP contribution in [0.3, 0.4) is 0 Å². The Labute approximate surface area is 121 Å². The van der Waals surface area contributed by atoms with Gasteiger partial charge in [-0.15, -0.1) is 0 Å². The number of nitro groups is 1. The Balaban J connectivity index is 2.72. The maximum Gasteiger partial charge on any atom is 0.306 e. The number of hydrogen-bond acceptors (Lipinski definition) is 6. The van der Waals surface area contributed by atoms with Crippen LogP contribution in [0, 0.1) is 10.1 Å². The smallest absolute Gasteiger partial charge is 0.306 e. The fourth-order valence-corrected chi connectivity index (χ4v) is 1.57. The van der Waals surface area contributed by atoms with Crippen molar-refractivity contribution in [2.24, 2.45) is 0 Å². The molecule has 1 amide bonds. The van der Waals surface area contributed by atoms with Crippen LogP contribution in [0.1, 0.15) is 19.8 Å². The highest BCUT2D eigenvalue weighted by molar-refractivity contribution is 5.94. The molecule has 114 valence electrons. The third-order valence-electron chi connectivity index (χ3n) is 2.53. The van der Waals surface area contributed by atoms with Crippen molar-refractivity contribution in [2.75, 3.05) is 19.0 Å². The summed E-state index contributed by atoms with van der Waals surface area (Å²) in [5.41, 5.74) is 0.0112. The first-order valence-corrected chi connectivity index (χ1v) is 6.25. The molecule has 0 unspecified atom stereocenters. The van der Waals surface area contributed by atoms with Gasteiger partial charge >= 0.3 is 5.97 Å². The predicted octanol–water partition coefficient (Wildman–Crippen LogP) is 1.89. The van der Waals surface area contributed by atoms with E-state index in [1.54, 1.807) is 6.92 Å². The molecule has 0 saturated carbocycles. The summed E-state index contributed by atoms with van der Waals surface area (Å²) in [7, 11) is 1.38. The van der Waals surface area contributed by atoms with Gasteiger partial charge in [0.25, 0.3) is 5.69 Å². The molecule has 1 aromatic rings. The number of nitrogens with one attached hydrogen (secondary N) is 1. The van der Waals surface area contributed by atoms with Gasteiger partial charge in [-0.2, -0.15) is 0 Å². The van der Waals surface area contributed by atoms with Crippen LogP contribution >= 0.6 is 0 Å². The number of carbonyl (C=O) groups excluding carboxylic acids is 2. The topological polar surface area (TPSA) is 108 Å². The third-order valence-corrected chi connectivity index (χ3v) is 2.53. The minimum Gasteiger partial charge on any atom is -0.495 e. The molecule has 0 fully saturated rings. The lowest BCUT2D eigenvalue weighted by Gasteiger charge is -2.09. The molecule has 1 aromatic carbocycles. The standard InChI is InChI=1S/C13H16N2O6/c1-3-21-13(17)7-6-12(16)14-10-8-9(15(18)19)4-5-11(10)20-2/h4-5,8H,3,6-7H2,1-2H3,(H,14,16). The molecule has 0 aliphatic rings. The van der Waals surface area contributed by atoms with E-state index in [-0.39, 0.29) is 30.8 Å². The van der Waals surface area contributed by atoms with Gasteiger partial charge in [-0.1, -0.05) is 0 Å². The van der Waals surface area contributed by atoms with E-state index in [0.29, 0.717) is 5.75 Å². The van der Waals surface area contributed by atoms with Crippen LogP contribution in [0.25, 0.3) is 0 Å². The lowest BCUT2D eigenvalue weighted by molar-refractivity contribution is -0.384. The molecule has 0 bridgehead atoms. The SMILES string of the molecule is CCOC(=O)CCC(=O)Nc1cc([N+](=O)[O-])ccc1OC. The van der Waals surface area contributed by atoms with Crippen molar-refractivity contribution in [2.45, 2.75) is 19.8 Å². The van der Waals surface area contributed by atoms with Crippen LogP contribution in [-0.2, 0) is 14.3 Å². The Morgan fingerprint density at radius 2 is 2.05 bits per heavy atom. The zero-order chi connectivity index (χ0) is 15.8. The Bertz CT molecular complexity index is 543. The number of nitrogens with zero attached hydrogens (tertiary/aromatic N) is 1. The summed E-state index contributed by atoms with van der Waals surface area (Å²) < 4.78 is 9.72. The van der Waals surface area contributed by atoms with Gasteiger partial charge in [0.15, 0.2) is 0 Å². The first-order chi connectivity index (χ1) is 9.97. The minimum atomic E-state index is -0.576. The molecule has 8 heteroatoms. The number of esters is 1. The lowest BCUT2D eigenvalue weighted by atomic mass is 10.2. The zero-order valence-corrected chi connectivity index (χ0v) is 11.8. The van der Waals surface area contributed by atoms with E-state index in [0.717, 1.165) is 0 Å². The maximum absolute atomic E-state index is 11.7. The summed E-state index contributed by atoms with van der Waals surface area (Å²) in [6, 6.07) is 3.85. The molecule has 0 aliphatic heterocycles. The predicted molar refractivity (Wildman–Crippen MR) is 74.1 cm³/mol. The molecule has 1 rings (SSSR count). The molecule has 21 heavy (non-hydrogen) atoms. The van der Waals surface area contributed by atoms with Crippen molar-refractivity contribution in [3.8, 4) is 5.75 Å². The fourth-order valence-electron chi connectivity index (χ4n) is 1.57. The van der Waals surface area contributed by atoms with Gasteiger partial charge in [-0.3, -0.25) is 19.7 Å². The van der Waals surface area contributed by atoms with E-state index in [9.17, 15) is 19.7 Å². The van der Waals surface area contributed by atoms with Crippen molar-refractivity contribution in [3.05, 3.63) is 28.3 Å². The Kier molecular flexibility index (Phi) is 6.12. The monoisotopic (exact) mass is 296 g/mol. The number of carbonyl (C=O) groups is 2. The summed E-state index contributed by atoms with van der Waals surface area (Å²) in [5.74, 6) is -0.634. The van der Waals surface area contributed by atoms with Crippen molar-refractivity contribution >= 4 is 23.3 Å². The minimum absolute atomic E-state index is 0.0586. The lowest BCUT2D eigenvalue weighted by Crippen LogP contribution is -2.15. The molecule has 0 atom stereocenters. The maximum atomic E-state index is 11.7. The van der Waals surface area contributed by atoms with E-state index in [4.69, 9.17) is 9.47 Å². The number of amides is 1. The number of rotatable bonds is 7. The van der Waals surface area contributed by atoms with Gasteiger partial charge in [0, 0.05) is 18.6 Å². The number of anilines is 1. The average Bonchev–Trinajstić information content (AvgIpc) is 2.45. The number of nitro benzene ring substituents is 1. The van der Waals surface area contributed by atoms with Crippen molar-refractivity contribution < 1.29 is 24.0 Å². The second-order valence-corrected chi connectivity index (χ2v) is 3.99. The van der Waals surface area contributed by atoms with E-state index in [2.05, 4.69) is 5.32 Å². The van der Waals surface area contributed by atoms with Gasteiger partial charge < -0.3 is 14.8 Å². The van der Waals surface area contributed by atoms with E-state index in [1.807, 2.05) is 0 Å². The molecule has 0 saturated heterocycles. The van der Waals surface area contributed by atoms with Crippen molar-refractivity contribution in [1.82, 2.24) is 0 Å². The average molecular weight is 296 g/mol. The normalized spacial score (nSPS) is 9.81. The van der Waals surface area contributed by atoms with Crippen molar-refractivity contribution in [1.29, 1.82) is 0 Å². The van der Waals surface area contributed by atoms with Crippen molar-refractivity contribution in [3.63, 3.8) is 0 Å². The molecule has 0 spiro atoms. The number of non-ortho nitro benzene ring substituents is 1. The highest BCUT2D eigenvalue weighted by Crippen LogP contribution is 2.28. The van der Waals surface area contributed by atoms with Crippen LogP contribution < -0.4 is 10.1 Å².